The number of rotatable bonds is 5. The Morgan fingerprint density at radius 2 is 1.81 bits per heavy atom. The van der Waals surface area contributed by atoms with Gasteiger partial charge in [0.15, 0.2) is 11.5 Å². The van der Waals surface area contributed by atoms with Crippen LogP contribution in [-0.2, 0) is 19.6 Å². The van der Waals surface area contributed by atoms with Crippen LogP contribution in [0.1, 0.15) is 19.3 Å². The maximum atomic E-state index is 12.8. The highest BCUT2D eigenvalue weighted by atomic mass is 32.2. The number of nitrogens with zero attached hydrogens (tertiary/aromatic N) is 2. The number of nitrogens with one attached hydrogen (secondary N) is 1. The van der Waals surface area contributed by atoms with Crippen LogP contribution in [0.4, 0.5) is 11.4 Å². The van der Waals surface area contributed by atoms with Crippen LogP contribution in [0.3, 0.4) is 0 Å². The van der Waals surface area contributed by atoms with Crippen molar-refractivity contribution in [2.75, 3.05) is 36.6 Å². The van der Waals surface area contributed by atoms with Crippen LogP contribution < -0.4 is 19.7 Å². The highest BCUT2D eigenvalue weighted by molar-refractivity contribution is 7.89. The number of sulfonamides is 1. The molecule has 3 heterocycles. The van der Waals surface area contributed by atoms with Gasteiger partial charge in [0.05, 0.1) is 10.8 Å². The van der Waals surface area contributed by atoms with Crippen molar-refractivity contribution in [1.82, 2.24) is 4.31 Å². The normalized spacial score (nSPS) is 20.7. The summed E-state index contributed by atoms with van der Waals surface area (Å²) < 4.78 is 37.7. The van der Waals surface area contributed by atoms with Gasteiger partial charge in [-0.05, 0) is 43.2 Å². The highest BCUT2D eigenvalue weighted by Crippen LogP contribution is 2.37. The lowest BCUT2D eigenvalue weighted by molar-refractivity contribution is -0.122. The second kappa shape index (κ2) is 8.10. The number of anilines is 2. The third kappa shape index (κ3) is 3.80. The van der Waals surface area contributed by atoms with Gasteiger partial charge < -0.3 is 19.7 Å². The molecule has 2 aromatic rings. The second-order valence-electron chi connectivity index (χ2n) is 8.07. The van der Waals surface area contributed by atoms with Crippen molar-refractivity contribution in [3.63, 3.8) is 0 Å². The molecule has 32 heavy (non-hydrogen) atoms. The van der Waals surface area contributed by atoms with Crippen molar-refractivity contribution >= 4 is 33.2 Å². The van der Waals surface area contributed by atoms with Gasteiger partial charge in [0.25, 0.3) is 0 Å². The molecular weight excluding hydrogens is 434 g/mol. The quantitative estimate of drug-likeness (QED) is 0.738. The van der Waals surface area contributed by atoms with Crippen molar-refractivity contribution in [2.24, 2.45) is 5.92 Å². The first-order valence-electron chi connectivity index (χ1n) is 10.5. The van der Waals surface area contributed by atoms with E-state index in [1.54, 1.807) is 35.2 Å². The maximum Gasteiger partial charge on any atom is 0.243 e. The molecule has 9 nitrogen and oxygen atoms in total. The molecule has 1 N–H and O–H groups in total. The number of carbonyl (C=O) groups excluding carboxylic acids is 2. The summed E-state index contributed by atoms with van der Waals surface area (Å²) in [5.74, 6) is 0.163. The fourth-order valence-electron chi connectivity index (χ4n) is 4.24. The number of hydrogen-bond acceptors (Lipinski definition) is 6. The Bertz CT molecular complexity index is 1180. The predicted molar refractivity (Wildman–Crippen MR) is 116 cm³/mol. The molecule has 3 aliphatic rings. The van der Waals surface area contributed by atoms with Crippen molar-refractivity contribution in [3.8, 4) is 11.5 Å². The van der Waals surface area contributed by atoms with Gasteiger partial charge in [-0.25, -0.2) is 8.42 Å². The SMILES string of the molecule is O=C(Nc1cccc(S(=O)(=O)N2CCCC2)c1)C1CC(=O)N(c2ccc3c(c2)OCO3)C1. The molecule has 0 aliphatic carbocycles. The summed E-state index contributed by atoms with van der Waals surface area (Å²) in [4.78, 5) is 27.1. The molecule has 3 aliphatic heterocycles. The Morgan fingerprint density at radius 1 is 1.03 bits per heavy atom. The number of ether oxygens (including phenoxy) is 2. The second-order valence-corrected chi connectivity index (χ2v) is 10.0. The van der Waals surface area contributed by atoms with E-state index in [9.17, 15) is 18.0 Å². The fourth-order valence-corrected chi connectivity index (χ4v) is 5.81. The minimum atomic E-state index is -3.58. The van der Waals surface area contributed by atoms with Crippen LogP contribution in [0.5, 0.6) is 11.5 Å². The summed E-state index contributed by atoms with van der Waals surface area (Å²) in [7, 11) is -3.58. The summed E-state index contributed by atoms with van der Waals surface area (Å²) in [5.41, 5.74) is 1.04. The van der Waals surface area contributed by atoms with Gasteiger partial charge in [-0.2, -0.15) is 4.31 Å². The highest BCUT2D eigenvalue weighted by Gasteiger charge is 2.36. The molecule has 0 radical (unpaired) electrons. The molecule has 0 bridgehead atoms. The van der Waals surface area contributed by atoms with E-state index in [-0.39, 0.29) is 36.5 Å². The molecule has 1 unspecified atom stereocenters. The number of carbonyl (C=O) groups is 2. The van der Waals surface area contributed by atoms with E-state index in [4.69, 9.17) is 9.47 Å². The molecule has 10 heteroatoms. The van der Waals surface area contributed by atoms with Crippen LogP contribution in [0.25, 0.3) is 0 Å². The average molecular weight is 458 g/mol. The van der Waals surface area contributed by atoms with Crippen molar-refractivity contribution < 1.29 is 27.5 Å². The summed E-state index contributed by atoms with van der Waals surface area (Å²) >= 11 is 0. The van der Waals surface area contributed by atoms with E-state index in [0.717, 1.165) is 12.8 Å². The lowest BCUT2D eigenvalue weighted by atomic mass is 10.1. The molecular formula is C22H23N3O6S. The number of hydrogen-bond donors (Lipinski definition) is 1. The minimum absolute atomic E-state index is 0.0754. The fraction of sp³-hybridized carbons (Fsp3) is 0.364. The third-order valence-electron chi connectivity index (χ3n) is 5.97. The topological polar surface area (TPSA) is 105 Å². The monoisotopic (exact) mass is 457 g/mol. The predicted octanol–water partition coefficient (Wildman–Crippen LogP) is 2.19. The molecule has 5 rings (SSSR count). The lowest BCUT2D eigenvalue weighted by Gasteiger charge is -2.18. The smallest absolute Gasteiger partial charge is 0.243 e. The summed E-state index contributed by atoms with van der Waals surface area (Å²) in [6, 6.07) is 11.5. The van der Waals surface area contributed by atoms with Gasteiger partial charge >= 0.3 is 0 Å². The molecule has 2 fully saturated rings. The largest absolute Gasteiger partial charge is 0.454 e. The zero-order valence-electron chi connectivity index (χ0n) is 17.3. The van der Waals surface area contributed by atoms with Crippen LogP contribution in [-0.4, -0.2) is 51.0 Å². The standard InChI is InChI=1S/C22H23N3O6S/c26-21-10-15(13-25(21)17-6-7-19-20(12-17)31-14-30-19)22(27)23-16-4-3-5-18(11-16)32(28,29)24-8-1-2-9-24/h3-7,11-12,15H,1-2,8-10,13-14H2,(H,23,27). The van der Waals surface area contributed by atoms with Crippen molar-refractivity contribution in [2.45, 2.75) is 24.2 Å². The van der Waals surface area contributed by atoms with Crippen molar-refractivity contribution in [3.05, 3.63) is 42.5 Å². The lowest BCUT2D eigenvalue weighted by Crippen LogP contribution is -2.29. The summed E-state index contributed by atoms with van der Waals surface area (Å²) in [6.45, 7) is 1.40. The Labute approximate surface area is 186 Å². The van der Waals surface area contributed by atoms with Gasteiger partial charge in [0, 0.05) is 43.5 Å². The number of amides is 2. The van der Waals surface area contributed by atoms with E-state index in [1.165, 1.54) is 16.4 Å². The number of fused-ring (bicyclic) bond motifs is 1. The Kier molecular flexibility index (Phi) is 5.26. The molecule has 168 valence electrons. The van der Waals surface area contributed by atoms with Crippen molar-refractivity contribution in [1.29, 1.82) is 0 Å². The van der Waals surface area contributed by atoms with Crippen LogP contribution in [0, 0.1) is 5.92 Å². The molecule has 0 aromatic heterocycles. The first-order valence-corrected chi connectivity index (χ1v) is 12.0. The Morgan fingerprint density at radius 3 is 2.62 bits per heavy atom. The maximum absolute atomic E-state index is 12.8. The van der Waals surface area contributed by atoms with E-state index >= 15 is 0 Å². The molecule has 1 atom stereocenters. The summed E-state index contributed by atoms with van der Waals surface area (Å²) in [5, 5.41) is 2.78. The van der Waals surface area contributed by atoms with Gasteiger partial charge in [0.2, 0.25) is 28.6 Å². The molecule has 2 aromatic carbocycles. The van der Waals surface area contributed by atoms with E-state index < -0.39 is 15.9 Å². The Hall–Kier alpha value is -3.11. The first-order chi connectivity index (χ1) is 15.4. The molecule has 0 saturated carbocycles. The third-order valence-corrected chi connectivity index (χ3v) is 7.86. The van der Waals surface area contributed by atoms with E-state index in [0.29, 0.717) is 36.0 Å². The van der Waals surface area contributed by atoms with E-state index in [2.05, 4.69) is 5.32 Å². The summed E-state index contributed by atoms with van der Waals surface area (Å²) in [6.07, 6.45) is 1.78. The first kappa shape index (κ1) is 20.8. The average Bonchev–Trinajstić information content (AvgIpc) is 3.54. The van der Waals surface area contributed by atoms with Gasteiger partial charge in [-0.15, -0.1) is 0 Å². The van der Waals surface area contributed by atoms with Crippen LogP contribution >= 0.6 is 0 Å². The zero-order valence-corrected chi connectivity index (χ0v) is 18.1. The molecule has 2 saturated heterocycles. The minimum Gasteiger partial charge on any atom is -0.454 e. The van der Waals surface area contributed by atoms with Crippen LogP contribution in [0.15, 0.2) is 47.4 Å². The van der Waals surface area contributed by atoms with E-state index in [1.807, 2.05) is 0 Å². The van der Waals surface area contributed by atoms with Gasteiger partial charge in [-0.1, -0.05) is 6.07 Å². The molecule has 2 amide bonds. The van der Waals surface area contributed by atoms with Gasteiger partial charge in [0.1, 0.15) is 0 Å². The number of benzene rings is 2. The zero-order chi connectivity index (χ0) is 22.3. The molecule has 0 spiro atoms. The Balaban J connectivity index is 1.28. The van der Waals surface area contributed by atoms with Crippen LogP contribution in [0.2, 0.25) is 0 Å². The van der Waals surface area contributed by atoms with Gasteiger partial charge in [-0.3, -0.25) is 9.59 Å².